The Bertz CT molecular complexity index is 428. The van der Waals surface area contributed by atoms with Crippen LogP contribution in [0.3, 0.4) is 0 Å². The average Bonchev–Trinajstić information content (AvgIpc) is 2.56. The molecule has 0 saturated heterocycles. The van der Waals surface area contributed by atoms with Crippen LogP contribution in [0.15, 0.2) is 30.8 Å². The van der Waals surface area contributed by atoms with E-state index in [1.807, 2.05) is 6.08 Å². The molecule has 0 saturated carbocycles. The third kappa shape index (κ3) is 7.50. The van der Waals surface area contributed by atoms with Crippen LogP contribution in [0.25, 0.3) is 6.08 Å². The van der Waals surface area contributed by atoms with Gasteiger partial charge in [0.2, 0.25) is 0 Å². The van der Waals surface area contributed by atoms with Gasteiger partial charge in [-0.3, -0.25) is 0 Å². The largest absolute Gasteiger partial charge is 0.303 e. The van der Waals surface area contributed by atoms with E-state index in [1.54, 1.807) is 5.19 Å². The first kappa shape index (κ1) is 20.2. The van der Waals surface area contributed by atoms with Gasteiger partial charge < -0.3 is 4.90 Å². The monoisotopic (exact) mass is 331 g/mol. The molecule has 0 N–H and O–H groups in total. The molecule has 1 rings (SSSR count). The molecule has 0 radical (unpaired) electrons. The van der Waals surface area contributed by atoms with Crippen molar-refractivity contribution in [3.8, 4) is 0 Å². The summed E-state index contributed by atoms with van der Waals surface area (Å²) in [5.74, 6) is 0. The van der Waals surface area contributed by atoms with Gasteiger partial charge in [0.1, 0.15) is 0 Å². The van der Waals surface area contributed by atoms with Crippen LogP contribution >= 0.6 is 0 Å². The summed E-state index contributed by atoms with van der Waals surface area (Å²) in [6, 6.07) is 10.5. The van der Waals surface area contributed by atoms with Crippen molar-refractivity contribution in [3.05, 3.63) is 36.4 Å². The summed E-state index contributed by atoms with van der Waals surface area (Å²) < 4.78 is 0. The Balaban J connectivity index is 2.50. The fraction of sp³-hybridized carbons (Fsp3) is 0.619. The highest BCUT2D eigenvalue weighted by Gasteiger charge is 2.22. The van der Waals surface area contributed by atoms with Crippen LogP contribution in [0.4, 0.5) is 0 Å². The molecule has 0 spiro atoms. The van der Waals surface area contributed by atoms with E-state index in [-0.39, 0.29) is 0 Å². The van der Waals surface area contributed by atoms with E-state index in [2.05, 4.69) is 62.7 Å². The number of nitrogens with zero attached hydrogens (tertiary/aromatic N) is 1. The third-order valence-electron chi connectivity index (χ3n) is 4.86. The Morgan fingerprint density at radius 3 is 1.91 bits per heavy atom. The van der Waals surface area contributed by atoms with Gasteiger partial charge in [-0.2, -0.15) is 0 Å². The lowest BCUT2D eigenvalue weighted by Gasteiger charge is -2.26. The van der Waals surface area contributed by atoms with Crippen LogP contribution < -0.4 is 5.19 Å². The molecule has 0 aliphatic rings. The highest BCUT2D eigenvalue weighted by Crippen LogP contribution is 2.14. The predicted octanol–water partition coefficient (Wildman–Crippen LogP) is 5.54. The minimum absolute atomic E-state index is 1.23. The first-order chi connectivity index (χ1) is 11.0. The van der Waals surface area contributed by atoms with Gasteiger partial charge in [0.05, 0.1) is 8.07 Å². The maximum atomic E-state index is 3.85. The zero-order valence-corrected chi connectivity index (χ0v) is 16.9. The fourth-order valence-corrected chi connectivity index (χ4v) is 5.46. The minimum Gasteiger partial charge on any atom is -0.303 e. The topological polar surface area (TPSA) is 3.24 Å². The average molecular weight is 332 g/mol. The van der Waals surface area contributed by atoms with Crippen LogP contribution in [0.5, 0.6) is 0 Å². The molecule has 0 fully saturated rings. The summed E-state index contributed by atoms with van der Waals surface area (Å²) in [4.78, 5) is 2.69. The summed E-state index contributed by atoms with van der Waals surface area (Å²) in [7, 11) is -1.31. The Labute approximate surface area is 145 Å². The molecule has 0 aliphatic heterocycles. The van der Waals surface area contributed by atoms with E-state index in [0.717, 1.165) is 0 Å². The number of unbranched alkanes of at least 4 members (excludes halogenated alkanes) is 2. The Hall–Kier alpha value is -0.863. The maximum absolute atomic E-state index is 3.85. The second kappa shape index (κ2) is 10.8. The molecule has 2 heteroatoms. The van der Waals surface area contributed by atoms with E-state index in [1.165, 1.54) is 63.3 Å². The Kier molecular flexibility index (Phi) is 9.50. The van der Waals surface area contributed by atoms with Crippen LogP contribution in [0.2, 0.25) is 19.1 Å². The lowest BCUT2D eigenvalue weighted by molar-refractivity contribution is 0.265. The smallest absolute Gasteiger partial charge is 0.0806 e. The van der Waals surface area contributed by atoms with Crippen molar-refractivity contribution in [2.45, 2.75) is 65.1 Å². The van der Waals surface area contributed by atoms with Gasteiger partial charge in [-0.25, -0.2) is 0 Å². The molecule has 1 aromatic rings. The van der Waals surface area contributed by atoms with Crippen molar-refractivity contribution in [1.29, 1.82) is 0 Å². The molecule has 0 aromatic heterocycles. The van der Waals surface area contributed by atoms with Crippen molar-refractivity contribution in [2.24, 2.45) is 0 Å². The van der Waals surface area contributed by atoms with E-state index < -0.39 is 8.07 Å². The molecule has 130 valence electrons. The van der Waals surface area contributed by atoms with E-state index in [9.17, 15) is 0 Å². The van der Waals surface area contributed by atoms with Gasteiger partial charge in [-0.05, 0) is 44.5 Å². The second-order valence-corrected chi connectivity index (χ2v) is 12.2. The highest BCUT2D eigenvalue weighted by atomic mass is 28.3. The van der Waals surface area contributed by atoms with E-state index in [0.29, 0.717) is 0 Å². The van der Waals surface area contributed by atoms with Crippen LogP contribution in [0.1, 0.15) is 51.5 Å². The number of hydrogen-bond acceptors (Lipinski definition) is 1. The zero-order valence-electron chi connectivity index (χ0n) is 15.9. The third-order valence-corrected chi connectivity index (χ3v) is 8.36. The molecule has 0 unspecified atom stereocenters. The van der Waals surface area contributed by atoms with Gasteiger partial charge >= 0.3 is 0 Å². The second-order valence-electron chi connectivity index (χ2n) is 7.36. The molecular weight excluding hydrogens is 294 g/mol. The summed E-state index contributed by atoms with van der Waals surface area (Å²) in [5, 5.41) is 1.58. The minimum atomic E-state index is -1.31. The molecule has 0 heterocycles. The van der Waals surface area contributed by atoms with Crippen molar-refractivity contribution >= 4 is 19.3 Å². The number of rotatable bonds is 12. The molecule has 0 aliphatic carbocycles. The van der Waals surface area contributed by atoms with Gasteiger partial charge in [0.25, 0.3) is 0 Å². The van der Waals surface area contributed by atoms with E-state index >= 15 is 0 Å². The number of hydrogen-bond donors (Lipinski definition) is 0. The summed E-state index contributed by atoms with van der Waals surface area (Å²) >= 11 is 0. The molecule has 1 nitrogen and oxygen atoms in total. The van der Waals surface area contributed by atoms with Gasteiger partial charge in [0.15, 0.2) is 0 Å². The Morgan fingerprint density at radius 2 is 1.43 bits per heavy atom. The SMILES string of the molecule is C=Cc1ccc([Si](C)(C)CCCN(CCCC)CCCC)cc1. The standard InChI is InChI=1S/C21H37NSi/c1-6-9-16-22(17-10-7-2)18-11-19-23(4,5)21-14-12-20(8-3)13-15-21/h8,12-15H,3,6-7,9-11,16-19H2,1-2,4-5H3. The molecule has 1 aromatic carbocycles. The predicted molar refractivity (Wildman–Crippen MR) is 109 cm³/mol. The first-order valence-electron chi connectivity index (χ1n) is 9.48. The van der Waals surface area contributed by atoms with Gasteiger partial charge in [0, 0.05) is 0 Å². The quantitative estimate of drug-likeness (QED) is 0.455. The van der Waals surface area contributed by atoms with Crippen LogP contribution in [-0.4, -0.2) is 32.6 Å². The normalized spacial score (nSPS) is 11.9. The zero-order chi connectivity index (χ0) is 17.1. The maximum Gasteiger partial charge on any atom is 0.0806 e. The molecular formula is C21H37NSi. The summed E-state index contributed by atoms with van der Waals surface area (Å²) in [5.41, 5.74) is 1.23. The summed E-state index contributed by atoms with van der Waals surface area (Å²) in [6.45, 7) is 17.3. The lowest BCUT2D eigenvalue weighted by atomic mass is 10.2. The fourth-order valence-electron chi connectivity index (χ4n) is 3.06. The first-order valence-corrected chi connectivity index (χ1v) is 12.7. The Morgan fingerprint density at radius 1 is 0.913 bits per heavy atom. The van der Waals surface area contributed by atoms with Crippen molar-refractivity contribution in [1.82, 2.24) is 4.90 Å². The van der Waals surface area contributed by atoms with E-state index in [4.69, 9.17) is 0 Å². The molecule has 0 bridgehead atoms. The van der Waals surface area contributed by atoms with Gasteiger partial charge in [-0.1, -0.05) is 87.9 Å². The van der Waals surface area contributed by atoms with Crippen LogP contribution in [0, 0.1) is 0 Å². The van der Waals surface area contributed by atoms with Crippen molar-refractivity contribution in [2.75, 3.05) is 19.6 Å². The lowest BCUT2D eigenvalue weighted by Crippen LogP contribution is -2.41. The molecule has 0 amide bonds. The molecule has 0 atom stereocenters. The highest BCUT2D eigenvalue weighted by molar-refractivity contribution is 6.89. The van der Waals surface area contributed by atoms with Crippen molar-refractivity contribution < 1.29 is 0 Å². The van der Waals surface area contributed by atoms with Crippen molar-refractivity contribution in [3.63, 3.8) is 0 Å². The number of benzene rings is 1. The summed E-state index contributed by atoms with van der Waals surface area (Å²) in [6.07, 6.45) is 8.56. The molecule has 23 heavy (non-hydrogen) atoms. The van der Waals surface area contributed by atoms with Gasteiger partial charge in [-0.15, -0.1) is 0 Å². The van der Waals surface area contributed by atoms with Crippen LogP contribution in [-0.2, 0) is 0 Å².